The van der Waals surface area contributed by atoms with E-state index in [9.17, 15) is 5.26 Å². The van der Waals surface area contributed by atoms with Crippen LogP contribution >= 0.6 is 0 Å². The van der Waals surface area contributed by atoms with Crippen LogP contribution in [0.5, 0.6) is 0 Å². The Balaban J connectivity index is 1.42. The number of halogens is 1. The second-order valence-electron chi connectivity index (χ2n) is 10.9. The van der Waals surface area contributed by atoms with E-state index in [1.165, 1.54) is 6.33 Å². The van der Waals surface area contributed by atoms with Crippen molar-refractivity contribution in [1.82, 2.24) is 39.7 Å². The molecule has 0 unspecified atom stereocenters. The van der Waals surface area contributed by atoms with Crippen LogP contribution in [0.1, 0.15) is 24.2 Å². The molecule has 4 aromatic rings. The summed E-state index contributed by atoms with van der Waals surface area (Å²) in [4.78, 5) is 11.1. The molecule has 5 rings (SSSR count). The van der Waals surface area contributed by atoms with Crippen molar-refractivity contribution >= 4 is 24.9 Å². The fraction of sp³-hybridized carbons (Fsp3) is 0.480. The molecule has 0 spiro atoms. The molecule has 1 saturated heterocycles. The first-order valence-corrected chi connectivity index (χ1v) is 16.3. The van der Waals surface area contributed by atoms with Gasteiger partial charge in [-0.15, -0.1) is 15.3 Å². The summed E-state index contributed by atoms with van der Waals surface area (Å²) in [6, 6.07) is 6.94. The molecule has 198 valence electrons. The number of hydrogen-bond acceptors (Lipinski definition) is 9. The van der Waals surface area contributed by atoms with E-state index in [-0.39, 0.29) is 19.6 Å². The molecular formula is C25H31FN10OSi. The Hall–Kier alpha value is -3.76. The zero-order valence-corrected chi connectivity index (χ0v) is 23.1. The van der Waals surface area contributed by atoms with Gasteiger partial charge in [0.05, 0.1) is 16.9 Å². The maximum absolute atomic E-state index is 15.8. The van der Waals surface area contributed by atoms with Crippen molar-refractivity contribution in [3.05, 3.63) is 42.2 Å². The first kappa shape index (κ1) is 25.9. The Labute approximate surface area is 221 Å². The van der Waals surface area contributed by atoms with Gasteiger partial charge in [0, 0.05) is 65.6 Å². The van der Waals surface area contributed by atoms with E-state index in [0.29, 0.717) is 53.6 Å². The predicted octanol–water partition coefficient (Wildman–Crippen LogP) is 3.67. The van der Waals surface area contributed by atoms with E-state index < -0.39 is 13.7 Å². The van der Waals surface area contributed by atoms with Crippen LogP contribution in [-0.4, -0.2) is 67.5 Å². The monoisotopic (exact) mass is 534 g/mol. The molecule has 13 heteroatoms. The van der Waals surface area contributed by atoms with Crippen LogP contribution in [0.2, 0.25) is 25.7 Å². The molecule has 1 fully saturated rings. The molecule has 0 aromatic carbocycles. The molecule has 0 radical (unpaired) electrons. The van der Waals surface area contributed by atoms with Gasteiger partial charge in [0.15, 0.2) is 11.5 Å². The first-order valence-electron chi connectivity index (χ1n) is 12.6. The number of pyridine rings is 2. The maximum atomic E-state index is 15.8. The predicted molar refractivity (Wildman–Crippen MR) is 143 cm³/mol. The SMILES string of the molecule is Cn1cnnc1C1(F)CCN(c2c(C#N)ccnc2-c2cnc3nnn(COCC[Si](C)(C)C)c3c2)CC1. The molecule has 11 nitrogen and oxygen atoms in total. The third-order valence-electron chi connectivity index (χ3n) is 6.89. The van der Waals surface area contributed by atoms with E-state index in [4.69, 9.17) is 4.74 Å². The summed E-state index contributed by atoms with van der Waals surface area (Å²) in [6.45, 7) is 8.67. The van der Waals surface area contributed by atoms with Gasteiger partial charge in [-0.05, 0) is 18.2 Å². The second kappa shape index (κ2) is 10.2. The van der Waals surface area contributed by atoms with Gasteiger partial charge in [-0.3, -0.25) is 4.98 Å². The zero-order chi connectivity index (χ0) is 26.9. The minimum atomic E-state index is -1.58. The fourth-order valence-corrected chi connectivity index (χ4v) is 5.44. The summed E-state index contributed by atoms with van der Waals surface area (Å²) < 4.78 is 25.0. The number of alkyl halides is 1. The minimum Gasteiger partial charge on any atom is -0.368 e. The van der Waals surface area contributed by atoms with Crippen LogP contribution in [0.3, 0.4) is 0 Å². The van der Waals surface area contributed by atoms with Gasteiger partial charge < -0.3 is 14.2 Å². The third kappa shape index (κ3) is 5.14. The van der Waals surface area contributed by atoms with E-state index in [1.54, 1.807) is 34.8 Å². The lowest BCUT2D eigenvalue weighted by Gasteiger charge is -2.37. The topological polar surface area (TPSA) is 123 Å². The van der Waals surface area contributed by atoms with Crippen molar-refractivity contribution in [1.29, 1.82) is 5.26 Å². The summed E-state index contributed by atoms with van der Waals surface area (Å²) in [7, 11) is 0.547. The molecule has 0 atom stereocenters. The molecule has 1 aliphatic heterocycles. The molecule has 0 N–H and O–H groups in total. The zero-order valence-electron chi connectivity index (χ0n) is 22.1. The lowest BCUT2D eigenvalue weighted by atomic mass is 9.91. The number of nitrogens with zero attached hydrogens (tertiary/aromatic N) is 10. The summed E-state index contributed by atoms with van der Waals surface area (Å²) in [6.07, 6.45) is 5.25. The van der Waals surface area contributed by atoms with Gasteiger partial charge >= 0.3 is 0 Å². The molecule has 0 amide bonds. The number of anilines is 1. The summed E-state index contributed by atoms with van der Waals surface area (Å²) in [5.41, 5.74) is 2.11. The lowest BCUT2D eigenvalue weighted by molar-refractivity contribution is 0.0803. The highest BCUT2D eigenvalue weighted by molar-refractivity contribution is 6.76. The highest BCUT2D eigenvalue weighted by atomic mass is 28.3. The fourth-order valence-electron chi connectivity index (χ4n) is 4.68. The summed E-state index contributed by atoms with van der Waals surface area (Å²) >= 11 is 0. The van der Waals surface area contributed by atoms with Gasteiger partial charge in [0.1, 0.15) is 24.6 Å². The molecule has 0 saturated carbocycles. The van der Waals surface area contributed by atoms with Gasteiger partial charge in [-0.1, -0.05) is 24.9 Å². The summed E-state index contributed by atoms with van der Waals surface area (Å²) in [5.74, 6) is 0.326. The Kier molecular flexibility index (Phi) is 6.93. The van der Waals surface area contributed by atoms with Gasteiger partial charge in [-0.25, -0.2) is 14.1 Å². The Morgan fingerprint density at radius 2 is 1.97 bits per heavy atom. The molecule has 1 aliphatic rings. The van der Waals surface area contributed by atoms with Gasteiger partial charge in [0.2, 0.25) is 5.65 Å². The van der Waals surface area contributed by atoms with E-state index in [2.05, 4.69) is 56.2 Å². The Bertz CT molecular complexity index is 1480. The van der Waals surface area contributed by atoms with Gasteiger partial charge in [0.25, 0.3) is 0 Å². The van der Waals surface area contributed by atoms with Crippen LogP contribution in [0.15, 0.2) is 30.9 Å². The number of fused-ring (bicyclic) bond motifs is 1. The van der Waals surface area contributed by atoms with Crippen molar-refractivity contribution in [2.75, 3.05) is 24.6 Å². The number of piperidine rings is 1. The van der Waals surface area contributed by atoms with Crippen molar-refractivity contribution in [3.8, 4) is 17.3 Å². The number of nitriles is 1. The number of hydrogen-bond donors (Lipinski definition) is 0. The number of rotatable bonds is 8. The van der Waals surface area contributed by atoms with Crippen molar-refractivity contribution < 1.29 is 9.13 Å². The Morgan fingerprint density at radius 1 is 1.18 bits per heavy atom. The van der Waals surface area contributed by atoms with Crippen molar-refractivity contribution in [2.24, 2.45) is 7.05 Å². The molecule has 5 heterocycles. The van der Waals surface area contributed by atoms with E-state index in [1.807, 2.05) is 11.0 Å². The van der Waals surface area contributed by atoms with Crippen molar-refractivity contribution in [3.63, 3.8) is 0 Å². The largest absolute Gasteiger partial charge is 0.368 e. The molecule has 4 aromatic heterocycles. The van der Waals surface area contributed by atoms with E-state index >= 15 is 4.39 Å². The number of aromatic nitrogens is 8. The Morgan fingerprint density at radius 3 is 2.66 bits per heavy atom. The molecule has 0 bridgehead atoms. The quantitative estimate of drug-likeness (QED) is 0.246. The van der Waals surface area contributed by atoms with Crippen molar-refractivity contribution in [2.45, 2.75) is 50.9 Å². The second-order valence-corrected chi connectivity index (χ2v) is 16.5. The molecular weight excluding hydrogens is 503 g/mol. The average molecular weight is 535 g/mol. The van der Waals surface area contributed by atoms with Crippen LogP contribution < -0.4 is 4.90 Å². The summed E-state index contributed by atoms with van der Waals surface area (Å²) in [5, 5.41) is 26.1. The molecule has 0 aliphatic carbocycles. The molecule has 38 heavy (non-hydrogen) atoms. The normalized spacial score (nSPS) is 15.6. The third-order valence-corrected chi connectivity index (χ3v) is 8.59. The first-order chi connectivity index (χ1) is 18.2. The highest BCUT2D eigenvalue weighted by Crippen LogP contribution is 2.40. The smallest absolute Gasteiger partial charge is 0.201 e. The van der Waals surface area contributed by atoms with Crippen LogP contribution in [0.4, 0.5) is 10.1 Å². The van der Waals surface area contributed by atoms with Crippen LogP contribution in [0, 0.1) is 11.3 Å². The standard InChI is InChI=1S/C25H31FN10OSi/c1-34-16-30-32-24(34)25(26)6-9-35(10-7-25)22-18(14-27)5-8-28-21(22)19-13-20-23(29-15-19)31-33-36(20)17-37-11-12-38(2,3)4/h5,8,13,15-16H,6-7,9-12,17H2,1-4H3. The number of aryl methyl sites for hydroxylation is 1. The van der Waals surface area contributed by atoms with Crippen LogP contribution in [0.25, 0.3) is 22.4 Å². The van der Waals surface area contributed by atoms with Gasteiger partial charge in [-0.2, -0.15) is 5.26 Å². The highest BCUT2D eigenvalue weighted by Gasteiger charge is 2.41. The maximum Gasteiger partial charge on any atom is 0.201 e. The average Bonchev–Trinajstić information content (AvgIpc) is 3.52. The lowest BCUT2D eigenvalue weighted by Crippen LogP contribution is -2.42. The van der Waals surface area contributed by atoms with Crippen LogP contribution in [-0.2, 0) is 24.2 Å². The van der Waals surface area contributed by atoms with E-state index in [0.717, 1.165) is 11.6 Å². The number of ether oxygens (including phenoxy) is 1. The minimum absolute atomic E-state index is 0.224.